The molecule has 4 heterocycles. The van der Waals surface area contributed by atoms with Crippen LogP contribution < -0.4 is 10.6 Å². The molecule has 0 radical (unpaired) electrons. The van der Waals surface area contributed by atoms with Crippen LogP contribution in [-0.4, -0.2) is 53.9 Å². The molecule has 36 heavy (non-hydrogen) atoms. The van der Waals surface area contributed by atoms with E-state index in [1.807, 2.05) is 34.9 Å². The van der Waals surface area contributed by atoms with Crippen LogP contribution in [0.3, 0.4) is 0 Å². The maximum absolute atomic E-state index is 15.1. The highest BCUT2D eigenvalue weighted by molar-refractivity contribution is 7.23. The van der Waals surface area contributed by atoms with Gasteiger partial charge in [-0.3, -0.25) is 9.20 Å². The Morgan fingerprint density at radius 1 is 1.28 bits per heavy atom. The monoisotopic (exact) mass is 507 g/mol. The van der Waals surface area contributed by atoms with E-state index in [1.165, 1.54) is 18.4 Å². The lowest BCUT2D eigenvalue weighted by atomic mass is 10.0. The number of ether oxygens (including phenoxy) is 1. The van der Waals surface area contributed by atoms with Crippen LogP contribution in [-0.2, 0) is 9.57 Å². The summed E-state index contributed by atoms with van der Waals surface area (Å²) in [5, 5.41) is 10.4. The zero-order valence-corrected chi connectivity index (χ0v) is 20.6. The van der Waals surface area contributed by atoms with Crippen LogP contribution in [0.2, 0.25) is 0 Å². The summed E-state index contributed by atoms with van der Waals surface area (Å²) in [6.45, 7) is 1.99. The Balaban J connectivity index is 1.23. The van der Waals surface area contributed by atoms with Crippen LogP contribution >= 0.6 is 11.3 Å². The molecule has 2 aliphatic heterocycles. The third kappa shape index (κ3) is 4.36. The molecule has 8 nitrogen and oxygen atoms in total. The van der Waals surface area contributed by atoms with E-state index >= 15 is 4.39 Å². The van der Waals surface area contributed by atoms with Crippen molar-refractivity contribution < 1.29 is 18.8 Å². The number of aromatic nitrogens is 2. The minimum Gasteiger partial charge on any atom is -0.399 e. The molecule has 2 aromatic carbocycles. The molecule has 4 aromatic rings. The Morgan fingerprint density at radius 3 is 2.94 bits per heavy atom. The highest BCUT2D eigenvalue weighted by Crippen LogP contribution is 2.32. The maximum atomic E-state index is 15.1. The lowest BCUT2D eigenvalue weighted by Crippen LogP contribution is -2.38. The number of nitrogens with one attached hydrogen (secondary N) is 2. The summed E-state index contributed by atoms with van der Waals surface area (Å²) >= 11 is 1.48. The van der Waals surface area contributed by atoms with Gasteiger partial charge < -0.3 is 20.2 Å². The number of benzene rings is 2. The Morgan fingerprint density at radius 2 is 2.14 bits per heavy atom. The molecule has 1 amide bonds. The SMILES string of the molecule is CO/N=C1\CNC(c2ccc(-c3cn4c(n3)sc3cc(C(=O)NC5CCOCC5)ccc34)c(F)c2)C1. The summed E-state index contributed by atoms with van der Waals surface area (Å²) in [5.74, 6) is -0.386. The van der Waals surface area contributed by atoms with Crippen molar-refractivity contribution >= 4 is 38.1 Å². The van der Waals surface area contributed by atoms with E-state index in [9.17, 15) is 4.79 Å². The summed E-state index contributed by atoms with van der Waals surface area (Å²) in [6.07, 6.45) is 4.21. The van der Waals surface area contributed by atoms with E-state index in [1.54, 1.807) is 12.1 Å². The summed E-state index contributed by atoms with van der Waals surface area (Å²) < 4.78 is 23.4. The summed E-state index contributed by atoms with van der Waals surface area (Å²) in [6, 6.07) is 11.1. The number of carbonyl (C=O) groups excluding carboxylic acids is 1. The predicted molar refractivity (Wildman–Crippen MR) is 137 cm³/mol. The molecule has 1 atom stereocenters. The van der Waals surface area contributed by atoms with Gasteiger partial charge in [-0.25, -0.2) is 9.37 Å². The summed E-state index contributed by atoms with van der Waals surface area (Å²) in [7, 11) is 1.53. The van der Waals surface area contributed by atoms with E-state index in [0.29, 0.717) is 43.0 Å². The summed E-state index contributed by atoms with van der Waals surface area (Å²) in [5.41, 5.74) is 4.38. The average molecular weight is 508 g/mol. The van der Waals surface area contributed by atoms with Crippen molar-refractivity contribution in [2.24, 2.45) is 5.16 Å². The number of fused-ring (bicyclic) bond motifs is 3. The second-order valence-electron chi connectivity index (χ2n) is 9.14. The minimum atomic E-state index is -0.312. The second-order valence-corrected chi connectivity index (χ2v) is 10.1. The Kier molecular flexibility index (Phi) is 6.16. The number of hydrogen-bond donors (Lipinski definition) is 2. The van der Waals surface area contributed by atoms with Gasteiger partial charge in [0.25, 0.3) is 5.91 Å². The third-order valence-electron chi connectivity index (χ3n) is 6.80. The van der Waals surface area contributed by atoms with Gasteiger partial charge in [0.15, 0.2) is 4.96 Å². The standard InChI is InChI=1S/C26H26FN5O3S/c1-34-31-18-12-21(28-13-18)15-2-4-19(20(27)10-15)22-14-32-23-5-3-16(11-24(23)36-26(32)30-22)25(33)29-17-6-8-35-9-7-17/h2-5,10-11,14,17,21,28H,6-9,12-13H2,1H3,(H,29,33)/b31-18-. The van der Waals surface area contributed by atoms with Gasteiger partial charge in [-0.2, -0.15) is 0 Å². The zero-order chi connectivity index (χ0) is 24.6. The number of halogens is 1. The van der Waals surface area contributed by atoms with Crippen LogP contribution in [0, 0.1) is 5.82 Å². The number of amides is 1. The van der Waals surface area contributed by atoms with E-state index < -0.39 is 0 Å². The van der Waals surface area contributed by atoms with Crippen LogP contribution in [0.5, 0.6) is 0 Å². The van der Waals surface area contributed by atoms with Crippen molar-refractivity contribution in [3.63, 3.8) is 0 Å². The molecule has 2 fully saturated rings. The van der Waals surface area contributed by atoms with Gasteiger partial charge in [-0.1, -0.05) is 22.6 Å². The molecule has 10 heteroatoms. The molecular formula is C26H26FN5O3S. The molecule has 2 aromatic heterocycles. The fourth-order valence-electron chi connectivity index (χ4n) is 4.89. The van der Waals surface area contributed by atoms with Crippen LogP contribution in [0.25, 0.3) is 26.4 Å². The van der Waals surface area contributed by atoms with Crippen LogP contribution in [0.15, 0.2) is 47.8 Å². The molecular weight excluding hydrogens is 481 g/mol. The lowest BCUT2D eigenvalue weighted by Gasteiger charge is -2.23. The topological polar surface area (TPSA) is 89.3 Å². The number of carbonyl (C=O) groups is 1. The second kappa shape index (κ2) is 9.61. The van der Waals surface area contributed by atoms with Crippen molar-refractivity contribution in [1.29, 1.82) is 0 Å². The van der Waals surface area contributed by atoms with E-state index in [0.717, 1.165) is 39.3 Å². The number of oxime groups is 1. The van der Waals surface area contributed by atoms with E-state index in [-0.39, 0.29) is 23.8 Å². The molecule has 0 aliphatic carbocycles. The fraction of sp³-hybridized carbons (Fsp3) is 0.346. The first kappa shape index (κ1) is 23.1. The predicted octanol–water partition coefficient (Wildman–Crippen LogP) is 4.30. The van der Waals surface area contributed by atoms with Crippen LogP contribution in [0.4, 0.5) is 4.39 Å². The van der Waals surface area contributed by atoms with Gasteiger partial charge in [-0.15, -0.1) is 0 Å². The van der Waals surface area contributed by atoms with E-state index in [2.05, 4.69) is 20.8 Å². The van der Waals surface area contributed by atoms with E-state index in [4.69, 9.17) is 9.57 Å². The maximum Gasteiger partial charge on any atom is 0.251 e. The molecule has 0 bridgehead atoms. The average Bonchev–Trinajstić information content (AvgIpc) is 3.59. The molecule has 6 rings (SSSR count). The first-order chi connectivity index (χ1) is 17.6. The van der Waals surface area contributed by atoms with Crippen molar-refractivity contribution in [2.45, 2.75) is 31.3 Å². The molecule has 2 aliphatic rings. The third-order valence-corrected chi connectivity index (χ3v) is 7.81. The Labute approximate surface area is 211 Å². The molecule has 0 spiro atoms. The number of rotatable bonds is 5. The zero-order valence-electron chi connectivity index (χ0n) is 19.8. The quantitative estimate of drug-likeness (QED) is 0.393. The van der Waals surface area contributed by atoms with Crippen molar-refractivity contribution in [3.05, 3.63) is 59.5 Å². The number of nitrogens with zero attached hydrogens (tertiary/aromatic N) is 3. The lowest BCUT2D eigenvalue weighted by molar-refractivity contribution is 0.0696. The normalized spacial score (nSPS) is 19.9. The van der Waals surface area contributed by atoms with Gasteiger partial charge in [0.1, 0.15) is 12.9 Å². The highest BCUT2D eigenvalue weighted by atomic mass is 32.1. The molecule has 2 N–H and O–H groups in total. The molecule has 0 saturated carbocycles. The Bertz CT molecular complexity index is 1470. The van der Waals surface area contributed by atoms with Gasteiger partial charge in [0.05, 0.1) is 21.6 Å². The number of thiazole rings is 1. The van der Waals surface area contributed by atoms with Gasteiger partial charge in [0, 0.05) is 55.6 Å². The minimum absolute atomic E-state index is 0.00901. The van der Waals surface area contributed by atoms with Gasteiger partial charge in [0.2, 0.25) is 0 Å². The van der Waals surface area contributed by atoms with Crippen LogP contribution in [0.1, 0.15) is 41.2 Å². The molecule has 186 valence electrons. The first-order valence-corrected chi connectivity index (χ1v) is 12.8. The van der Waals surface area contributed by atoms with Crippen molar-refractivity contribution in [3.8, 4) is 11.3 Å². The summed E-state index contributed by atoms with van der Waals surface area (Å²) in [4.78, 5) is 23.0. The molecule has 1 unspecified atom stereocenters. The number of imidazole rings is 1. The van der Waals surface area contributed by atoms with Gasteiger partial charge >= 0.3 is 0 Å². The smallest absolute Gasteiger partial charge is 0.251 e. The van der Waals surface area contributed by atoms with Crippen molar-refractivity contribution in [2.75, 3.05) is 26.9 Å². The fourth-order valence-corrected chi connectivity index (χ4v) is 5.94. The highest BCUT2D eigenvalue weighted by Gasteiger charge is 2.24. The van der Waals surface area contributed by atoms with Gasteiger partial charge in [-0.05, 0) is 48.7 Å². The van der Waals surface area contributed by atoms with Crippen molar-refractivity contribution in [1.82, 2.24) is 20.0 Å². The largest absolute Gasteiger partial charge is 0.399 e. The Hall–Kier alpha value is -3.34. The number of hydrogen-bond acceptors (Lipinski definition) is 7. The first-order valence-electron chi connectivity index (χ1n) is 12.0. The molecule has 2 saturated heterocycles.